The standard InChI is InChI=1S/C11H26NO4P/c1-3-16-17(13,14)11-6-4-5-8-12-9-7-10-15-2/h12H,3-11H2,1-2H3,(H,13,14). The molecule has 0 bridgehead atoms. The second-order valence-electron chi connectivity index (χ2n) is 3.94. The van der Waals surface area contributed by atoms with Gasteiger partial charge in [0.15, 0.2) is 0 Å². The van der Waals surface area contributed by atoms with E-state index in [9.17, 15) is 9.46 Å². The van der Waals surface area contributed by atoms with E-state index in [0.717, 1.165) is 45.4 Å². The fourth-order valence-electron chi connectivity index (χ4n) is 1.47. The number of unbranched alkanes of at least 4 members (excludes halogenated alkanes) is 2. The lowest BCUT2D eigenvalue weighted by Crippen LogP contribution is -2.17. The molecule has 0 aromatic carbocycles. The van der Waals surface area contributed by atoms with Crippen LogP contribution in [0.1, 0.15) is 32.6 Å². The van der Waals surface area contributed by atoms with Crippen molar-refractivity contribution in [2.45, 2.75) is 32.6 Å². The van der Waals surface area contributed by atoms with Gasteiger partial charge in [-0.25, -0.2) is 0 Å². The maximum atomic E-state index is 11.3. The molecule has 0 fully saturated rings. The van der Waals surface area contributed by atoms with E-state index >= 15 is 0 Å². The van der Waals surface area contributed by atoms with E-state index in [1.807, 2.05) is 0 Å². The third-order valence-corrected chi connectivity index (χ3v) is 3.87. The fraction of sp³-hybridized carbons (Fsp3) is 1.00. The molecular weight excluding hydrogens is 241 g/mol. The Bertz CT molecular complexity index is 214. The first-order chi connectivity index (χ1) is 8.12. The molecule has 0 heterocycles. The van der Waals surface area contributed by atoms with E-state index in [-0.39, 0.29) is 6.16 Å². The van der Waals surface area contributed by atoms with Crippen molar-refractivity contribution in [3.8, 4) is 0 Å². The van der Waals surface area contributed by atoms with Crippen molar-refractivity contribution in [3.05, 3.63) is 0 Å². The van der Waals surface area contributed by atoms with Crippen LogP contribution in [0.3, 0.4) is 0 Å². The van der Waals surface area contributed by atoms with Crippen LogP contribution in [0, 0.1) is 0 Å². The summed E-state index contributed by atoms with van der Waals surface area (Å²) >= 11 is 0. The van der Waals surface area contributed by atoms with Crippen LogP contribution < -0.4 is 5.32 Å². The van der Waals surface area contributed by atoms with Crippen LogP contribution in [0.25, 0.3) is 0 Å². The summed E-state index contributed by atoms with van der Waals surface area (Å²) in [5.74, 6) is 0. The van der Waals surface area contributed by atoms with E-state index in [1.165, 1.54) is 0 Å². The zero-order valence-corrected chi connectivity index (χ0v) is 11.9. The number of rotatable bonds is 12. The maximum Gasteiger partial charge on any atom is 0.328 e. The van der Waals surface area contributed by atoms with Gasteiger partial charge in [0.05, 0.1) is 6.61 Å². The molecule has 0 amide bonds. The van der Waals surface area contributed by atoms with Gasteiger partial charge in [-0.05, 0) is 39.3 Å². The Hall–Kier alpha value is 0.0700. The number of hydrogen-bond donors (Lipinski definition) is 2. The highest BCUT2D eigenvalue weighted by atomic mass is 31.2. The Labute approximate surface area is 104 Å². The zero-order chi connectivity index (χ0) is 13.0. The summed E-state index contributed by atoms with van der Waals surface area (Å²) in [6.45, 7) is 4.73. The van der Waals surface area contributed by atoms with E-state index < -0.39 is 7.60 Å². The van der Waals surface area contributed by atoms with Gasteiger partial charge in [-0.3, -0.25) is 4.57 Å². The Balaban J connectivity index is 3.21. The monoisotopic (exact) mass is 267 g/mol. The molecule has 0 aliphatic carbocycles. The smallest absolute Gasteiger partial charge is 0.328 e. The molecular formula is C11H26NO4P. The normalized spacial score (nSPS) is 14.8. The summed E-state index contributed by atoms with van der Waals surface area (Å²) in [7, 11) is -1.60. The molecule has 5 nitrogen and oxygen atoms in total. The largest absolute Gasteiger partial charge is 0.385 e. The molecule has 0 rings (SSSR count). The lowest BCUT2D eigenvalue weighted by atomic mass is 10.2. The summed E-state index contributed by atoms with van der Waals surface area (Å²) in [6.07, 6.45) is 4.01. The topological polar surface area (TPSA) is 67.8 Å². The van der Waals surface area contributed by atoms with Gasteiger partial charge in [-0.2, -0.15) is 0 Å². The van der Waals surface area contributed by atoms with Gasteiger partial charge in [0.2, 0.25) is 0 Å². The molecule has 0 aromatic rings. The fourth-order valence-corrected chi connectivity index (χ4v) is 2.63. The predicted octanol–water partition coefficient (Wildman–Crippen LogP) is 2.00. The van der Waals surface area contributed by atoms with Crippen molar-refractivity contribution in [3.63, 3.8) is 0 Å². The Morgan fingerprint density at radius 1 is 1.18 bits per heavy atom. The summed E-state index contributed by atoms with van der Waals surface area (Å²) < 4.78 is 21.0. The van der Waals surface area contributed by atoms with Crippen molar-refractivity contribution in [1.82, 2.24) is 5.32 Å². The van der Waals surface area contributed by atoms with E-state index in [2.05, 4.69) is 5.32 Å². The summed E-state index contributed by atoms with van der Waals surface area (Å²) in [6, 6.07) is 0. The Kier molecular flexibility index (Phi) is 11.2. The highest BCUT2D eigenvalue weighted by molar-refractivity contribution is 7.52. The Morgan fingerprint density at radius 3 is 2.53 bits per heavy atom. The first kappa shape index (κ1) is 17.1. The minimum Gasteiger partial charge on any atom is -0.385 e. The van der Waals surface area contributed by atoms with Crippen molar-refractivity contribution in [1.29, 1.82) is 0 Å². The number of ether oxygens (including phenoxy) is 1. The molecule has 17 heavy (non-hydrogen) atoms. The quantitative estimate of drug-likeness (QED) is 0.418. The van der Waals surface area contributed by atoms with Gasteiger partial charge >= 0.3 is 7.60 Å². The third-order valence-electron chi connectivity index (χ3n) is 2.33. The van der Waals surface area contributed by atoms with Crippen molar-refractivity contribution in [2.24, 2.45) is 0 Å². The first-order valence-electron chi connectivity index (χ1n) is 6.28. The van der Waals surface area contributed by atoms with Crippen molar-refractivity contribution < 1.29 is 18.7 Å². The second-order valence-corrected chi connectivity index (χ2v) is 5.92. The summed E-state index contributed by atoms with van der Waals surface area (Å²) in [4.78, 5) is 9.32. The van der Waals surface area contributed by atoms with Gasteiger partial charge in [-0.1, -0.05) is 6.42 Å². The number of hydrogen-bond acceptors (Lipinski definition) is 4. The maximum absolute atomic E-state index is 11.3. The molecule has 0 radical (unpaired) electrons. The van der Waals surface area contributed by atoms with Gasteiger partial charge in [0.1, 0.15) is 0 Å². The minimum atomic E-state index is -3.30. The van der Waals surface area contributed by atoms with Gasteiger partial charge < -0.3 is 19.5 Å². The molecule has 2 N–H and O–H groups in total. The first-order valence-corrected chi connectivity index (χ1v) is 8.04. The van der Waals surface area contributed by atoms with Crippen LogP contribution in [0.15, 0.2) is 0 Å². The SMILES string of the molecule is CCOP(=O)(O)CCCCCNCCCOC. The van der Waals surface area contributed by atoms with Crippen molar-refractivity contribution >= 4 is 7.60 Å². The van der Waals surface area contributed by atoms with E-state index in [0.29, 0.717) is 6.61 Å². The zero-order valence-electron chi connectivity index (χ0n) is 11.0. The average Bonchev–Trinajstić information content (AvgIpc) is 2.27. The van der Waals surface area contributed by atoms with E-state index in [1.54, 1.807) is 14.0 Å². The molecule has 0 saturated heterocycles. The molecule has 104 valence electrons. The van der Waals surface area contributed by atoms with Crippen LogP contribution in [-0.4, -0.2) is 44.5 Å². The minimum absolute atomic E-state index is 0.268. The molecule has 0 saturated carbocycles. The molecule has 0 aromatic heterocycles. The van der Waals surface area contributed by atoms with Crippen molar-refractivity contribution in [2.75, 3.05) is 39.6 Å². The van der Waals surface area contributed by atoms with Crippen LogP contribution in [0.4, 0.5) is 0 Å². The van der Waals surface area contributed by atoms with Gasteiger partial charge in [-0.15, -0.1) is 0 Å². The highest BCUT2D eigenvalue weighted by Crippen LogP contribution is 2.42. The molecule has 6 heteroatoms. The molecule has 0 aliphatic rings. The van der Waals surface area contributed by atoms with E-state index in [4.69, 9.17) is 9.26 Å². The third kappa shape index (κ3) is 12.3. The van der Waals surface area contributed by atoms with Gasteiger partial charge in [0.25, 0.3) is 0 Å². The van der Waals surface area contributed by atoms with Crippen LogP contribution in [0.2, 0.25) is 0 Å². The highest BCUT2D eigenvalue weighted by Gasteiger charge is 2.16. The Morgan fingerprint density at radius 2 is 1.88 bits per heavy atom. The second kappa shape index (κ2) is 11.2. The molecule has 1 unspecified atom stereocenters. The summed E-state index contributed by atoms with van der Waals surface area (Å²) in [5.41, 5.74) is 0. The number of nitrogens with one attached hydrogen (secondary N) is 1. The predicted molar refractivity (Wildman–Crippen MR) is 69.5 cm³/mol. The lowest BCUT2D eigenvalue weighted by molar-refractivity contribution is 0.194. The molecule has 0 aliphatic heterocycles. The van der Waals surface area contributed by atoms with Crippen LogP contribution in [-0.2, 0) is 13.8 Å². The lowest BCUT2D eigenvalue weighted by Gasteiger charge is -2.10. The van der Waals surface area contributed by atoms with Crippen LogP contribution >= 0.6 is 7.60 Å². The van der Waals surface area contributed by atoms with Gasteiger partial charge in [0, 0.05) is 19.9 Å². The summed E-state index contributed by atoms with van der Waals surface area (Å²) in [5, 5.41) is 3.30. The molecule has 0 spiro atoms. The number of methoxy groups -OCH3 is 1. The average molecular weight is 267 g/mol. The van der Waals surface area contributed by atoms with Crippen LogP contribution in [0.5, 0.6) is 0 Å². The molecule has 1 atom stereocenters.